The Morgan fingerprint density at radius 1 is 1.19 bits per heavy atom. The third kappa shape index (κ3) is 5.56. The number of aromatic nitrogens is 1. The third-order valence-corrected chi connectivity index (χ3v) is 4.46. The van der Waals surface area contributed by atoms with E-state index in [1.807, 2.05) is 42.5 Å². The lowest BCUT2D eigenvalue weighted by Crippen LogP contribution is -2.48. The molecule has 6 nitrogen and oxygen atoms in total. The van der Waals surface area contributed by atoms with Gasteiger partial charge in [-0.15, -0.1) is 24.8 Å². The number of halogens is 2. The first kappa shape index (κ1) is 23.2. The number of nitrogens with two attached hydrogens (primary N) is 1. The molecule has 1 aliphatic heterocycles. The molecule has 1 saturated heterocycles. The Hall–Kier alpha value is -1.86. The van der Waals surface area contributed by atoms with Crippen LogP contribution in [0.3, 0.4) is 0 Å². The van der Waals surface area contributed by atoms with E-state index in [-0.39, 0.29) is 30.7 Å². The predicted octanol–water partition coefficient (Wildman–Crippen LogP) is 2.25. The molecule has 0 spiro atoms. The molecule has 1 amide bonds. The van der Waals surface area contributed by atoms with Crippen molar-refractivity contribution in [1.29, 1.82) is 0 Å². The van der Waals surface area contributed by atoms with Crippen molar-refractivity contribution in [3.63, 3.8) is 0 Å². The van der Waals surface area contributed by atoms with Crippen molar-refractivity contribution in [2.24, 2.45) is 5.73 Å². The number of rotatable bonds is 5. The van der Waals surface area contributed by atoms with Crippen LogP contribution < -0.4 is 16.0 Å². The smallest absolute Gasteiger partial charge is 0.244 e. The number of morpholine rings is 1. The van der Waals surface area contributed by atoms with Crippen LogP contribution in [-0.2, 0) is 21.6 Å². The topological polar surface area (TPSA) is 80.5 Å². The molecule has 1 unspecified atom stereocenters. The first-order chi connectivity index (χ1) is 12.1. The van der Waals surface area contributed by atoms with Crippen LogP contribution in [0, 0.1) is 0 Å². The molecular weight excluding hydrogens is 387 g/mol. The maximum atomic E-state index is 12.6. The van der Waals surface area contributed by atoms with E-state index in [2.05, 4.69) is 15.2 Å². The van der Waals surface area contributed by atoms with Gasteiger partial charge in [0.25, 0.3) is 0 Å². The van der Waals surface area contributed by atoms with Crippen LogP contribution in [0.25, 0.3) is 0 Å². The molecule has 0 bridgehead atoms. The van der Waals surface area contributed by atoms with E-state index < -0.39 is 5.54 Å². The zero-order chi connectivity index (χ0) is 17.7. The molecule has 0 radical (unpaired) electrons. The highest BCUT2D eigenvalue weighted by molar-refractivity contribution is 5.87. The molecule has 1 fully saturated rings. The first-order valence-corrected chi connectivity index (χ1v) is 8.48. The molecule has 0 saturated carbocycles. The zero-order valence-corrected chi connectivity index (χ0v) is 16.9. The summed E-state index contributed by atoms with van der Waals surface area (Å²) in [5.74, 6) is 0.681. The Morgan fingerprint density at radius 3 is 2.52 bits per heavy atom. The highest BCUT2D eigenvalue weighted by Gasteiger charge is 2.30. The molecule has 27 heavy (non-hydrogen) atoms. The molecule has 8 heteroatoms. The number of pyridine rings is 1. The number of hydrogen-bond donors (Lipinski definition) is 2. The number of benzene rings is 1. The largest absolute Gasteiger partial charge is 0.378 e. The molecule has 1 aromatic carbocycles. The van der Waals surface area contributed by atoms with Crippen LogP contribution in [0.5, 0.6) is 0 Å². The SMILES string of the molecule is CC(N)(C(=O)NCc1cccnc1N1CCOCC1)c1ccccc1.Cl.Cl. The number of carbonyl (C=O) groups excluding carboxylic acids is 1. The lowest BCUT2D eigenvalue weighted by molar-refractivity contribution is -0.126. The normalized spacial score (nSPS) is 15.7. The van der Waals surface area contributed by atoms with Gasteiger partial charge in [0.15, 0.2) is 0 Å². The number of ether oxygens (including phenoxy) is 1. The molecule has 2 heterocycles. The standard InChI is InChI=1S/C19H24N4O2.2ClH/c1-19(20,16-7-3-2-4-8-16)18(24)22-14-15-6-5-9-21-17(15)23-10-12-25-13-11-23;;/h2-9H,10-14,20H2,1H3,(H,22,24);2*1H. The average molecular weight is 413 g/mol. The summed E-state index contributed by atoms with van der Waals surface area (Å²) in [6.07, 6.45) is 1.77. The van der Waals surface area contributed by atoms with Crippen LogP contribution in [0.1, 0.15) is 18.1 Å². The van der Waals surface area contributed by atoms with Crippen molar-refractivity contribution in [3.8, 4) is 0 Å². The maximum absolute atomic E-state index is 12.6. The Kier molecular flexibility index (Phi) is 8.99. The van der Waals surface area contributed by atoms with E-state index in [4.69, 9.17) is 10.5 Å². The summed E-state index contributed by atoms with van der Waals surface area (Å²) in [5.41, 5.74) is 6.95. The van der Waals surface area contributed by atoms with Gasteiger partial charge in [-0.3, -0.25) is 4.79 Å². The van der Waals surface area contributed by atoms with E-state index in [9.17, 15) is 4.79 Å². The van der Waals surface area contributed by atoms with Crippen molar-refractivity contribution in [2.45, 2.75) is 19.0 Å². The van der Waals surface area contributed by atoms with Gasteiger partial charge in [-0.2, -0.15) is 0 Å². The van der Waals surface area contributed by atoms with Gasteiger partial charge in [0, 0.05) is 31.4 Å². The van der Waals surface area contributed by atoms with Gasteiger partial charge in [-0.1, -0.05) is 36.4 Å². The minimum Gasteiger partial charge on any atom is -0.378 e. The van der Waals surface area contributed by atoms with Gasteiger partial charge in [-0.25, -0.2) is 4.98 Å². The van der Waals surface area contributed by atoms with Crippen molar-refractivity contribution < 1.29 is 9.53 Å². The Balaban J connectivity index is 0.00000182. The fourth-order valence-corrected chi connectivity index (χ4v) is 2.90. The molecule has 1 aliphatic rings. The summed E-state index contributed by atoms with van der Waals surface area (Å²) in [6, 6.07) is 13.3. The summed E-state index contributed by atoms with van der Waals surface area (Å²) in [5, 5.41) is 2.96. The second-order valence-electron chi connectivity index (χ2n) is 6.34. The summed E-state index contributed by atoms with van der Waals surface area (Å²) < 4.78 is 5.40. The molecule has 1 atom stereocenters. The molecule has 148 valence electrons. The molecule has 0 aliphatic carbocycles. The van der Waals surface area contributed by atoms with Crippen LogP contribution in [0.2, 0.25) is 0 Å². The number of anilines is 1. The monoisotopic (exact) mass is 412 g/mol. The molecule has 2 aromatic rings. The molecule has 3 N–H and O–H groups in total. The highest BCUT2D eigenvalue weighted by Crippen LogP contribution is 2.20. The van der Waals surface area contributed by atoms with Gasteiger partial charge in [-0.05, 0) is 18.6 Å². The maximum Gasteiger partial charge on any atom is 0.244 e. The fraction of sp³-hybridized carbons (Fsp3) is 0.368. The average Bonchev–Trinajstić information content (AvgIpc) is 2.67. The van der Waals surface area contributed by atoms with E-state index in [0.29, 0.717) is 19.8 Å². The quantitative estimate of drug-likeness (QED) is 0.786. The number of hydrogen-bond acceptors (Lipinski definition) is 5. The minimum atomic E-state index is -1.08. The second-order valence-corrected chi connectivity index (χ2v) is 6.34. The van der Waals surface area contributed by atoms with Crippen LogP contribution in [0.4, 0.5) is 5.82 Å². The fourth-order valence-electron chi connectivity index (χ4n) is 2.90. The molecule has 1 aromatic heterocycles. The van der Waals surface area contributed by atoms with E-state index in [0.717, 1.165) is 30.0 Å². The van der Waals surface area contributed by atoms with Gasteiger partial charge < -0.3 is 20.7 Å². The molecule has 3 rings (SSSR count). The van der Waals surface area contributed by atoms with Gasteiger partial charge in [0.1, 0.15) is 11.4 Å². The summed E-state index contributed by atoms with van der Waals surface area (Å²) in [7, 11) is 0. The van der Waals surface area contributed by atoms with Crippen LogP contribution in [0.15, 0.2) is 48.7 Å². The summed E-state index contributed by atoms with van der Waals surface area (Å²) >= 11 is 0. The Morgan fingerprint density at radius 2 is 1.85 bits per heavy atom. The van der Waals surface area contributed by atoms with Gasteiger partial charge >= 0.3 is 0 Å². The Bertz CT molecular complexity index is 723. The summed E-state index contributed by atoms with van der Waals surface area (Å²) in [4.78, 5) is 19.3. The Labute approximate surface area is 172 Å². The van der Waals surface area contributed by atoms with Crippen LogP contribution in [-0.4, -0.2) is 37.2 Å². The highest BCUT2D eigenvalue weighted by atomic mass is 35.5. The molecular formula is C19H26Cl2N4O2. The third-order valence-electron chi connectivity index (χ3n) is 4.46. The first-order valence-electron chi connectivity index (χ1n) is 8.48. The van der Waals surface area contributed by atoms with E-state index in [1.54, 1.807) is 13.1 Å². The number of nitrogens with zero attached hydrogens (tertiary/aromatic N) is 2. The van der Waals surface area contributed by atoms with Crippen molar-refractivity contribution in [1.82, 2.24) is 10.3 Å². The number of nitrogens with one attached hydrogen (secondary N) is 1. The minimum absolute atomic E-state index is 0. The van der Waals surface area contributed by atoms with Crippen molar-refractivity contribution in [2.75, 3.05) is 31.2 Å². The zero-order valence-electron chi connectivity index (χ0n) is 15.3. The van der Waals surface area contributed by atoms with E-state index in [1.165, 1.54) is 0 Å². The second kappa shape index (κ2) is 10.5. The number of carbonyl (C=O) groups is 1. The summed E-state index contributed by atoms with van der Waals surface area (Å²) in [6.45, 7) is 5.10. The van der Waals surface area contributed by atoms with E-state index >= 15 is 0 Å². The lowest BCUT2D eigenvalue weighted by Gasteiger charge is -2.30. The van der Waals surface area contributed by atoms with Crippen molar-refractivity contribution in [3.05, 3.63) is 59.8 Å². The number of amides is 1. The van der Waals surface area contributed by atoms with Crippen LogP contribution >= 0.6 is 24.8 Å². The van der Waals surface area contributed by atoms with Crippen molar-refractivity contribution >= 4 is 36.5 Å². The predicted molar refractivity (Wildman–Crippen MR) is 112 cm³/mol. The van der Waals surface area contributed by atoms with Gasteiger partial charge in [0.2, 0.25) is 5.91 Å². The van der Waals surface area contributed by atoms with Gasteiger partial charge in [0.05, 0.1) is 13.2 Å². The lowest BCUT2D eigenvalue weighted by atomic mass is 9.92.